The van der Waals surface area contributed by atoms with Crippen molar-refractivity contribution < 1.29 is 17.9 Å². The summed E-state index contributed by atoms with van der Waals surface area (Å²) in [6, 6.07) is 11.7. The molecule has 0 saturated carbocycles. The quantitative estimate of drug-likeness (QED) is 0.819. The average molecular weight is 407 g/mol. The van der Waals surface area contributed by atoms with Crippen LogP contribution in [0.4, 0.5) is 11.4 Å². The van der Waals surface area contributed by atoms with E-state index in [4.69, 9.17) is 4.74 Å². The summed E-state index contributed by atoms with van der Waals surface area (Å²) in [5.74, 6) is 0.578. The minimum Gasteiger partial charge on any atom is -0.494 e. The van der Waals surface area contributed by atoms with Gasteiger partial charge in [0.15, 0.2) is 0 Å². The van der Waals surface area contributed by atoms with Crippen LogP contribution in [0.5, 0.6) is 5.75 Å². The fourth-order valence-corrected chi connectivity index (χ4v) is 5.08. The van der Waals surface area contributed by atoms with Crippen molar-refractivity contribution in [1.82, 2.24) is 0 Å². The molecule has 0 aromatic heterocycles. The lowest BCUT2D eigenvalue weighted by Gasteiger charge is -2.20. The van der Waals surface area contributed by atoms with Crippen molar-refractivity contribution in [2.24, 2.45) is 0 Å². The number of nitrogens with zero attached hydrogens (tertiary/aromatic N) is 1. The molecule has 1 N–H and O–H groups in total. The second-order valence-electron chi connectivity index (χ2n) is 6.24. The number of nitrogens with one attached hydrogen (secondary N) is 1. The van der Waals surface area contributed by atoms with E-state index >= 15 is 0 Å². The van der Waals surface area contributed by atoms with E-state index in [1.165, 1.54) is 17.4 Å². The Morgan fingerprint density at radius 1 is 1.22 bits per heavy atom. The van der Waals surface area contributed by atoms with E-state index in [1.54, 1.807) is 48.2 Å². The third-order valence-corrected chi connectivity index (χ3v) is 7.16. The second-order valence-corrected chi connectivity index (χ2v) is 9.69. The standard InChI is InChI=1S/C19H22N2O4S2/c1-4-25-15-7-5-14(6-8-15)21(3)27(23,24)16-9-10-18-17(12-16)20-19(22)11-13(2)26-18/h5-10,12-13H,4,11H2,1-3H3,(H,20,22)/t13-/m0/s1. The highest BCUT2D eigenvalue weighted by Gasteiger charge is 2.25. The molecule has 1 amide bonds. The Hall–Kier alpha value is -2.19. The lowest BCUT2D eigenvalue weighted by molar-refractivity contribution is -0.116. The van der Waals surface area contributed by atoms with Crippen LogP contribution >= 0.6 is 11.8 Å². The molecule has 3 rings (SSSR count). The van der Waals surface area contributed by atoms with Crippen LogP contribution in [0.2, 0.25) is 0 Å². The van der Waals surface area contributed by atoms with Crippen LogP contribution in [0.25, 0.3) is 0 Å². The van der Waals surface area contributed by atoms with Gasteiger partial charge in [0.1, 0.15) is 5.75 Å². The number of rotatable bonds is 5. The third-order valence-electron chi connectivity index (χ3n) is 4.20. The van der Waals surface area contributed by atoms with E-state index in [2.05, 4.69) is 5.32 Å². The van der Waals surface area contributed by atoms with Gasteiger partial charge in [0.2, 0.25) is 5.91 Å². The second kappa shape index (κ2) is 7.82. The van der Waals surface area contributed by atoms with E-state index < -0.39 is 10.0 Å². The molecule has 1 aliphatic heterocycles. The van der Waals surface area contributed by atoms with Gasteiger partial charge < -0.3 is 10.1 Å². The zero-order valence-electron chi connectivity index (χ0n) is 15.4. The van der Waals surface area contributed by atoms with E-state index in [0.29, 0.717) is 30.2 Å². The molecule has 8 heteroatoms. The van der Waals surface area contributed by atoms with Crippen molar-refractivity contribution in [3.8, 4) is 5.75 Å². The number of amides is 1. The normalized spacial score (nSPS) is 16.9. The third kappa shape index (κ3) is 4.22. The minimum atomic E-state index is -3.76. The maximum absolute atomic E-state index is 13.0. The number of fused-ring (bicyclic) bond motifs is 1. The lowest BCUT2D eigenvalue weighted by atomic mass is 10.3. The molecule has 0 spiro atoms. The summed E-state index contributed by atoms with van der Waals surface area (Å²) in [5.41, 5.74) is 1.07. The zero-order valence-corrected chi connectivity index (χ0v) is 17.1. The van der Waals surface area contributed by atoms with E-state index in [-0.39, 0.29) is 16.1 Å². The van der Waals surface area contributed by atoms with Crippen molar-refractivity contribution in [3.05, 3.63) is 42.5 Å². The first-order valence-electron chi connectivity index (χ1n) is 8.63. The number of benzene rings is 2. The number of hydrogen-bond donors (Lipinski definition) is 1. The van der Waals surface area contributed by atoms with Gasteiger partial charge in [0.05, 0.1) is 22.9 Å². The number of hydrogen-bond acceptors (Lipinski definition) is 5. The molecule has 1 heterocycles. The number of thioether (sulfide) groups is 1. The van der Waals surface area contributed by atoms with Gasteiger partial charge in [-0.1, -0.05) is 6.92 Å². The largest absolute Gasteiger partial charge is 0.494 e. The Morgan fingerprint density at radius 3 is 2.59 bits per heavy atom. The molecule has 144 valence electrons. The summed E-state index contributed by atoms with van der Waals surface area (Å²) >= 11 is 1.56. The Labute approximate surface area is 164 Å². The molecule has 0 unspecified atom stereocenters. The lowest BCUT2D eigenvalue weighted by Crippen LogP contribution is -2.26. The number of carbonyl (C=O) groups is 1. The molecular weight excluding hydrogens is 384 g/mol. The summed E-state index contributed by atoms with van der Waals surface area (Å²) in [7, 11) is -2.26. The Kier molecular flexibility index (Phi) is 5.67. The minimum absolute atomic E-state index is 0.108. The monoisotopic (exact) mass is 406 g/mol. The fraction of sp³-hybridized carbons (Fsp3) is 0.316. The molecule has 0 saturated heterocycles. The molecule has 1 atom stereocenters. The molecule has 0 aliphatic carbocycles. The topological polar surface area (TPSA) is 75.7 Å². The molecule has 0 fully saturated rings. The molecule has 1 aliphatic rings. The van der Waals surface area contributed by atoms with Crippen LogP contribution in [0.3, 0.4) is 0 Å². The predicted molar refractivity (Wildman–Crippen MR) is 108 cm³/mol. The van der Waals surface area contributed by atoms with Gasteiger partial charge in [-0.3, -0.25) is 9.10 Å². The van der Waals surface area contributed by atoms with Crippen LogP contribution in [-0.4, -0.2) is 33.2 Å². The number of sulfonamides is 1. The van der Waals surface area contributed by atoms with E-state index in [1.807, 2.05) is 13.8 Å². The van der Waals surface area contributed by atoms with Gasteiger partial charge in [-0.2, -0.15) is 0 Å². The molecule has 27 heavy (non-hydrogen) atoms. The molecule has 2 aromatic carbocycles. The van der Waals surface area contributed by atoms with Crippen molar-refractivity contribution in [3.63, 3.8) is 0 Å². The van der Waals surface area contributed by atoms with Gasteiger partial charge in [0, 0.05) is 23.6 Å². The summed E-state index contributed by atoms with van der Waals surface area (Å²) in [4.78, 5) is 13.0. The highest BCUT2D eigenvalue weighted by Crippen LogP contribution is 2.37. The Bertz CT molecular complexity index is 943. The zero-order chi connectivity index (χ0) is 19.6. The maximum Gasteiger partial charge on any atom is 0.264 e. The van der Waals surface area contributed by atoms with Crippen LogP contribution < -0.4 is 14.4 Å². The summed E-state index contributed by atoms with van der Waals surface area (Å²) < 4.78 is 32.7. The molecule has 2 aromatic rings. The summed E-state index contributed by atoms with van der Waals surface area (Å²) in [6.07, 6.45) is 0.396. The SMILES string of the molecule is CCOc1ccc(N(C)S(=O)(=O)c2ccc3c(c2)NC(=O)C[C@H](C)S3)cc1. The summed E-state index contributed by atoms with van der Waals surface area (Å²) in [5, 5.41) is 2.95. The molecule has 0 bridgehead atoms. The predicted octanol–water partition coefficient (Wildman–Crippen LogP) is 3.73. The molecular formula is C19H22N2O4S2. The maximum atomic E-state index is 13.0. The van der Waals surface area contributed by atoms with Gasteiger partial charge in [0.25, 0.3) is 10.0 Å². The van der Waals surface area contributed by atoms with Crippen LogP contribution in [0, 0.1) is 0 Å². The first-order chi connectivity index (χ1) is 12.8. The Balaban J connectivity index is 1.91. The van der Waals surface area contributed by atoms with E-state index in [9.17, 15) is 13.2 Å². The number of carbonyl (C=O) groups excluding carboxylic acids is 1. The van der Waals surface area contributed by atoms with Gasteiger partial charge in [-0.15, -0.1) is 11.8 Å². The number of anilines is 2. The summed E-state index contributed by atoms with van der Waals surface area (Å²) in [6.45, 7) is 4.41. The number of ether oxygens (including phenoxy) is 1. The molecule has 6 nitrogen and oxygen atoms in total. The van der Waals surface area contributed by atoms with Crippen molar-refractivity contribution in [2.75, 3.05) is 23.3 Å². The van der Waals surface area contributed by atoms with Crippen LogP contribution in [0.1, 0.15) is 20.3 Å². The average Bonchev–Trinajstić information content (AvgIpc) is 2.77. The van der Waals surface area contributed by atoms with Gasteiger partial charge in [-0.25, -0.2) is 8.42 Å². The van der Waals surface area contributed by atoms with Crippen molar-refractivity contribution >= 4 is 39.1 Å². The smallest absolute Gasteiger partial charge is 0.264 e. The van der Waals surface area contributed by atoms with E-state index in [0.717, 1.165) is 4.90 Å². The molecule has 0 radical (unpaired) electrons. The Morgan fingerprint density at radius 2 is 1.93 bits per heavy atom. The highest BCUT2D eigenvalue weighted by molar-refractivity contribution is 8.00. The highest BCUT2D eigenvalue weighted by atomic mass is 32.2. The van der Waals surface area contributed by atoms with Gasteiger partial charge in [-0.05, 0) is 49.4 Å². The van der Waals surface area contributed by atoms with Gasteiger partial charge >= 0.3 is 0 Å². The first kappa shape index (κ1) is 19.6. The van der Waals surface area contributed by atoms with Crippen molar-refractivity contribution in [2.45, 2.75) is 35.3 Å². The first-order valence-corrected chi connectivity index (χ1v) is 11.0. The fourth-order valence-electron chi connectivity index (χ4n) is 2.81. The van der Waals surface area contributed by atoms with Crippen molar-refractivity contribution in [1.29, 1.82) is 0 Å². The van der Waals surface area contributed by atoms with Crippen LogP contribution in [-0.2, 0) is 14.8 Å². The van der Waals surface area contributed by atoms with Crippen LogP contribution in [0.15, 0.2) is 52.3 Å².